The van der Waals surface area contributed by atoms with Crippen LogP contribution in [0.4, 0.5) is 11.6 Å². The van der Waals surface area contributed by atoms with Gasteiger partial charge >= 0.3 is 0 Å². The van der Waals surface area contributed by atoms with Crippen molar-refractivity contribution in [2.75, 3.05) is 25.0 Å². The number of hydrogen-bond donors (Lipinski definition) is 2. The van der Waals surface area contributed by atoms with Crippen molar-refractivity contribution in [1.29, 1.82) is 0 Å². The predicted octanol–water partition coefficient (Wildman–Crippen LogP) is 4.98. The molecule has 5 nitrogen and oxygen atoms in total. The van der Waals surface area contributed by atoms with Crippen LogP contribution in [0.15, 0.2) is 34.9 Å². The lowest BCUT2D eigenvalue weighted by molar-refractivity contribution is 0.104. The Morgan fingerprint density at radius 1 is 1.14 bits per heavy atom. The van der Waals surface area contributed by atoms with Crippen molar-refractivity contribution in [1.82, 2.24) is 15.3 Å². The van der Waals surface area contributed by atoms with Gasteiger partial charge < -0.3 is 15.4 Å². The first kappa shape index (κ1) is 21.5. The Labute approximate surface area is 181 Å². The fourth-order valence-corrected chi connectivity index (χ4v) is 4.32. The van der Waals surface area contributed by atoms with E-state index in [1.54, 1.807) is 0 Å². The van der Waals surface area contributed by atoms with Crippen LogP contribution in [0.1, 0.15) is 49.3 Å². The molecule has 4 rings (SSSR count). The number of aromatic nitrogens is 2. The molecule has 2 aliphatic heterocycles. The molecule has 0 saturated carbocycles. The van der Waals surface area contributed by atoms with Crippen LogP contribution >= 0.6 is 28.3 Å². The number of hydrogen-bond acceptors (Lipinski definition) is 5. The van der Waals surface area contributed by atoms with Crippen LogP contribution in [0.5, 0.6) is 0 Å². The van der Waals surface area contributed by atoms with E-state index in [1.807, 2.05) is 6.20 Å². The summed E-state index contributed by atoms with van der Waals surface area (Å²) in [5, 5.41) is 6.77. The Morgan fingerprint density at radius 3 is 2.64 bits per heavy atom. The number of halogens is 2. The van der Waals surface area contributed by atoms with Crippen LogP contribution in [0, 0.1) is 0 Å². The summed E-state index contributed by atoms with van der Waals surface area (Å²) in [6, 6.07) is 8.73. The van der Waals surface area contributed by atoms with E-state index >= 15 is 0 Å². The van der Waals surface area contributed by atoms with E-state index in [0.29, 0.717) is 18.0 Å². The van der Waals surface area contributed by atoms with Crippen LogP contribution in [0.2, 0.25) is 0 Å². The van der Waals surface area contributed by atoms with E-state index in [4.69, 9.17) is 9.72 Å². The molecule has 28 heavy (non-hydrogen) atoms. The second kappa shape index (κ2) is 10.5. The SMILES string of the molecule is Brc1cnc(Nc2ccc(C3CCNCC3)cc2)nc1CCC1CCCO1.Cl. The molecule has 2 aromatic rings. The van der Waals surface area contributed by atoms with E-state index in [2.05, 4.69) is 55.8 Å². The van der Waals surface area contributed by atoms with E-state index in [1.165, 1.54) is 24.8 Å². The van der Waals surface area contributed by atoms with Gasteiger partial charge in [-0.3, -0.25) is 0 Å². The molecular weight excluding hydrogens is 440 g/mol. The monoisotopic (exact) mass is 466 g/mol. The molecule has 0 aliphatic carbocycles. The molecule has 7 heteroatoms. The molecule has 0 radical (unpaired) electrons. The van der Waals surface area contributed by atoms with Gasteiger partial charge in [-0.05, 0) is 91.2 Å². The summed E-state index contributed by atoms with van der Waals surface area (Å²) in [6.45, 7) is 3.13. The van der Waals surface area contributed by atoms with Gasteiger partial charge in [0.05, 0.1) is 16.3 Å². The second-order valence-corrected chi connectivity index (χ2v) is 8.29. The molecule has 1 aromatic carbocycles. The van der Waals surface area contributed by atoms with Crippen molar-refractivity contribution in [2.45, 2.75) is 50.5 Å². The second-order valence-electron chi connectivity index (χ2n) is 7.43. The average Bonchev–Trinajstić information content (AvgIpc) is 3.23. The normalized spacial score (nSPS) is 20.0. The topological polar surface area (TPSA) is 59.1 Å². The van der Waals surface area contributed by atoms with Crippen LogP contribution in [-0.4, -0.2) is 35.8 Å². The summed E-state index contributed by atoms with van der Waals surface area (Å²) in [5.41, 5.74) is 3.49. The number of benzene rings is 1. The Morgan fingerprint density at radius 2 is 1.93 bits per heavy atom. The van der Waals surface area contributed by atoms with Crippen LogP contribution in [0.3, 0.4) is 0 Å². The van der Waals surface area contributed by atoms with E-state index in [9.17, 15) is 0 Å². The number of piperidine rings is 1. The van der Waals surface area contributed by atoms with Gasteiger partial charge in [0.2, 0.25) is 5.95 Å². The summed E-state index contributed by atoms with van der Waals surface area (Å²) in [4.78, 5) is 9.13. The van der Waals surface area contributed by atoms with Gasteiger partial charge in [0.15, 0.2) is 0 Å². The van der Waals surface area contributed by atoms with Crippen LogP contribution < -0.4 is 10.6 Å². The minimum atomic E-state index is 0. The number of aryl methyl sites for hydroxylation is 1. The Balaban J connectivity index is 0.00000225. The highest BCUT2D eigenvalue weighted by Gasteiger charge is 2.17. The van der Waals surface area contributed by atoms with Gasteiger partial charge in [0, 0.05) is 18.5 Å². The zero-order valence-corrected chi connectivity index (χ0v) is 18.4. The van der Waals surface area contributed by atoms with Gasteiger partial charge in [-0.25, -0.2) is 9.97 Å². The number of nitrogens with zero attached hydrogens (tertiary/aromatic N) is 2. The molecule has 2 N–H and O–H groups in total. The first-order chi connectivity index (χ1) is 13.3. The van der Waals surface area contributed by atoms with Gasteiger partial charge in [-0.1, -0.05) is 12.1 Å². The summed E-state index contributed by atoms with van der Waals surface area (Å²) in [6.07, 6.45) is 8.91. The van der Waals surface area contributed by atoms with Gasteiger partial charge in [-0.15, -0.1) is 12.4 Å². The zero-order chi connectivity index (χ0) is 18.5. The minimum Gasteiger partial charge on any atom is -0.378 e. The number of rotatable bonds is 6. The predicted molar refractivity (Wildman–Crippen MR) is 119 cm³/mol. The molecule has 0 spiro atoms. The fourth-order valence-electron chi connectivity index (χ4n) is 3.93. The zero-order valence-electron chi connectivity index (χ0n) is 16.0. The van der Waals surface area contributed by atoms with Crippen molar-refractivity contribution < 1.29 is 4.74 Å². The standard InChI is InChI=1S/C21H27BrN4O.ClH/c22-19-14-24-21(26-20(19)8-7-18-2-1-13-27-18)25-17-5-3-15(4-6-17)16-9-11-23-12-10-16;/h3-6,14,16,18,23H,1-2,7-13H2,(H,24,25,26);1H. The molecule has 0 bridgehead atoms. The van der Waals surface area contributed by atoms with E-state index in [-0.39, 0.29) is 12.4 Å². The molecule has 1 atom stereocenters. The highest BCUT2D eigenvalue weighted by Crippen LogP contribution is 2.27. The maximum atomic E-state index is 5.72. The lowest BCUT2D eigenvalue weighted by Crippen LogP contribution is -2.26. The minimum absolute atomic E-state index is 0. The van der Waals surface area contributed by atoms with E-state index < -0.39 is 0 Å². The Kier molecular flexibility index (Phi) is 8.09. The molecule has 3 heterocycles. The van der Waals surface area contributed by atoms with Gasteiger partial charge in [-0.2, -0.15) is 0 Å². The number of nitrogens with one attached hydrogen (secondary N) is 2. The first-order valence-corrected chi connectivity index (χ1v) is 10.8. The van der Waals surface area contributed by atoms with Crippen LogP contribution in [0.25, 0.3) is 0 Å². The summed E-state index contributed by atoms with van der Waals surface area (Å²) < 4.78 is 6.69. The number of ether oxygens (including phenoxy) is 1. The average molecular weight is 468 g/mol. The molecule has 2 saturated heterocycles. The third-order valence-corrected chi connectivity index (χ3v) is 6.18. The molecule has 1 unspecified atom stereocenters. The van der Waals surface area contributed by atoms with Crippen molar-refractivity contribution in [3.05, 3.63) is 46.2 Å². The summed E-state index contributed by atoms with van der Waals surface area (Å²) in [5.74, 6) is 1.32. The molecule has 2 aliphatic rings. The molecular formula is C21H28BrClN4O. The van der Waals surface area contributed by atoms with Gasteiger partial charge in [0.1, 0.15) is 0 Å². The van der Waals surface area contributed by atoms with Crippen molar-refractivity contribution in [3.8, 4) is 0 Å². The lowest BCUT2D eigenvalue weighted by atomic mass is 9.90. The van der Waals surface area contributed by atoms with Crippen molar-refractivity contribution >= 4 is 40.0 Å². The fraction of sp³-hybridized carbons (Fsp3) is 0.524. The molecule has 2 fully saturated rings. The first-order valence-electron chi connectivity index (χ1n) is 9.98. The lowest BCUT2D eigenvalue weighted by Gasteiger charge is -2.23. The molecule has 1 aromatic heterocycles. The highest BCUT2D eigenvalue weighted by molar-refractivity contribution is 9.10. The summed E-state index contributed by atoms with van der Waals surface area (Å²) in [7, 11) is 0. The molecule has 152 valence electrons. The van der Waals surface area contributed by atoms with Crippen LogP contribution in [-0.2, 0) is 11.2 Å². The summed E-state index contributed by atoms with van der Waals surface area (Å²) >= 11 is 3.58. The third kappa shape index (κ3) is 5.66. The highest BCUT2D eigenvalue weighted by atomic mass is 79.9. The van der Waals surface area contributed by atoms with Crippen molar-refractivity contribution in [3.63, 3.8) is 0 Å². The molecule has 0 amide bonds. The number of anilines is 2. The maximum Gasteiger partial charge on any atom is 0.227 e. The van der Waals surface area contributed by atoms with Crippen molar-refractivity contribution in [2.24, 2.45) is 0 Å². The Bertz CT molecular complexity index is 747. The Hall–Kier alpha value is -1.21. The smallest absolute Gasteiger partial charge is 0.227 e. The maximum absolute atomic E-state index is 5.72. The quantitative estimate of drug-likeness (QED) is 0.627. The third-order valence-electron chi connectivity index (χ3n) is 5.52. The van der Waals surface area contributed by atoms with Gasteiger partial charge in [0.25, 0.3) is 0 Å². The van der Waals surface area contributed by atoms with E-state index in [0.717, 1.165) is 54.8 Å². The largest absolute Gasteiger partial charge is 0.378 e.